The lowest BCUT2D eigenvalue weighted by molar-refractivity contribution is -0.146. The van der Waals surface area contributed by atoms with E-state index in [1.807, 2.05) is 11.8 Å². The maximum Gasteiger partial charge on any atom is 0.433 e. The summed E-state index contributed by atoms with van der Waals surface area (Å²) < 4.78 is 64.5. The molecule has 0 amide bonds. The lowest BCUT2D eigenvalue weighted by Gasteiger charge is -2.33. The Morgan fingerprint density at radius 3 is 2.46 bits per heavy atom. The molecule has 0 N–H and O–H groups in total. The Labute approximate surface area is 208 Å². The van der Waals surface area contributed by atoms with Gasteiger partial charge in [0.2, 0.25) is 5.95 Å². The second kappa shape index (κ2) is 10.1. The molecule has 1 aromatic carbocycles. The molecule has 0 radical (unpaired) electrons. The number of aromatic nitrogens is 8. The highest BCUT2D eigenvalue weighted by Gasteiger charge is 2.40. The third kappa shape index (κ3) is 5.22. The average Bonchev–Trinajstić information content (AvgIpc) is 3.59. The van der Waals surface area contributed by atoms with Crippen LogP contribution in [0.15, 0.2) is 43.1 Å². The van der Waals surface area contributed by atoms with Gasteiger partial charge in [-0.15, -0.1) is 5.10 Å². The molecule has 4 heterocycles. The molecule has 0 unspecified atom stereocenters. The molecular weight excluding hydrogens is 494 g/mol. The van der Waals surface area contributed by atoms with Crippen LogP contribution in [0.1, 0.15) is 42.6 Å². The minimum absolute atomic E-state index is 0.169. The zero-order valence-corrected chi connectivity index (χ0v) is 19.8. The normalized spacial score (nSPS) is 14.8. The highest BCUT2D eigenvalue weighted by molar-refractivity contribution is 5.38. The van der Waals surface area contributed by atoms with Crippen LogP contribution in [0.4, 0.5) is 23.5 Å². The molecule has 0 bridgehead atoms. The number of benzene rings is 1. The lowest BCUT2D eigenvalue weighted by atomic mass is 10.0. The van der Waals surface area contributed by atoms with Crippen molar-refractivity contribution in [1.29, 1.82) is 0 Å². The van der Waals surface area contributed by atoms with Gasteiger partial charge in [0.05, 0.1) is 17.9 Å². The Balaban J connectivity index is 1.29. The van der Waals surface area contributed by atoms with Crippen LogP contribution < -0.4 is 9.64 Å². The standard InChI is InChI=1S/C23H23F4N9O/c1-2-15-10-28-22(29-11-15)34-7-5-17(6-8-34)36-21(23(25,26)27)16(12-31-36)13-37-20-4-3-18(9-19(20)24)35-14-30-32-33-35/h3-4,9-12,14,17H,2,5-8,13H2,1H3. The van der Waals surface area contributed by atoms with Crippen molar-refractivity contribution in [1.82, 2.24) is 40.0 Å². The molecule has 14 heteroatoms. The number of piperidine rings is 1. The number of rotatable bonds is 7. The molecule has 4 aromatic rings. The van der Waals surface area contributed by atoms with Crippen molar-refractivity contribution in [2.24, 2.45) is 0 Å². The molecule has 1 fully saturated rings. The van der Waals surface area contributed by atoms with Crippen molar-refractivity contribution >= 4 is 5.95 Å². The van der Waals surface area contributed by atoms with Crippen LogP contribution in [0.25, 0.3) is 5.69 Å². The monoisotopic (exact) mass is 517 g/mol. The molecule has 0 saturated carbocycles. The highest BCUT2D eigenvalue weighted by Crippen LogP contribution is 2.37. The van der Waals surface area contributed by atoms with Crippen molar-refractivity contribution in [2.45, 2.75) is 45.0 Å². The minimum atomic E-state index is -4.66. The highest BCUT2D eigenvalue weighted by atomic mass is 19.4. The van der Waals surface area contributed by atoms with Gasteiger partial charge >= 0.3 is 6.18 Å². The van der Waals surface area contributed by atoms with Crippen molar-refractivity contribution in [3.8, 4) is 11.4 Å². The van der Waals surface area contributed by atoms with E-state index in [0.29, 0.717) is 37.6 Å². The molecule has 3 aromatic heterocycles. The summed E-state index contributed by atoms with van der Waals surface area (Å²) in [6.45, 7) is 2.51. The van der Waals surface area contributed by atoms with E-state index >= 15 is 0 Å². The van der Waals surface area contributed by atoms with Gasteiger partial charge in [-0.3, -0.25) is 4.68 Å². The summed E-state index contributed by atoms with van der Waals surface area (Å²) in [5, 5.41) is 14.7. The van der Waals surface area contributed by atoms with E-state index < -0.39 is 30.3 Å². The topological polar surface area (TPSA) is 99.7 Å². The SMILES string of the molecule is CCc1cnc(N2CCC(n3ncc(COc4ccc(-n5cnnn5)cc4F)c3C(F)(F)F)CC2)nc1. The largest absolute Gasteiger partial charge is 0.486 e. The van der Waals surface area contributed by atoms with Crippen molar-refractivity contribution in [2.75, 3.05) is 18.0 Å². The molecule has 0 spiro atoms. The summed E-state index contributed by atoms with van der Waals surface area (Å²) in [4.78, 5) is 10.7. The number of anilines is 1. The van der Waals surface area contributed by atoms with E-state index in [4.69, 9.17) is 4.74 Å². The molecule has 194 valence electrons. The summed E-state index contributed by atoms with van der Waals surface area (Å²) in [7, 11) is 0. The third-order valence-electron chi connectivity index (χ3n) is 6.25. The van der Waals surface area contributed by atoms with Crippen LogP contribution in [-0.2, 0) is 19.2 Å². The fourth-order valence-electron chi connectivity index (χ4n) is 4.28. The Kier molecular flexibility index (Phi) is 6.72. The van der Waals surface area contributed by atoms with Crippen molar-refractivity contribution < 1.29 is 22.3 Å². The Morgan fingerprint density at radius 1 is 1.08 bits per heavy atom. The van der Waals surface area contributed by atoms with Gasteiger partial charge in [0, 0.05) is 37.1 Å². The summed E-state index contributed by atoms with van der Waals surface area (Å²) >= 11 is 0. The van der Waals surface area contributed by atoms with E-state index in [-0.39, 0.29) is 11.3 Å². The van der Waals surface area contributed by atoms with Gasteiger partial charge < -0.3 is 9.64 Å². The molecular formula is C23H23F4N9O. The van der Waals surface area contributed by atoms with Crippen molar-refractivity contribution in [3.63, 3.8) is 0 Å². The number of hydrogen-bond acceptors (Lipinski definition) is 8. The van der Waals surface area contributed by atoms with Crippen LogP contribution in [0.2, 0.25) is 0 Å². The first kappa shape index (κ1) is 24.6. The van der Waals surface area contributed by atoms with E-state index in [9.17, 15) is 17.6 Å². The third-order valence-corrected chi connectivity index (χ3v) is 6.25. The Hall–Kier alpha value is -4.10. The number of alkyl halides is 3. The zero-order chi connectivity index (χ0) is 26.0. The molecule has 1 aliphatic heterocycles. The van der Waals surface area contributed by atoms with E-state index in [1.165, 1.54) is 23.1 Å². The second-order valence-electron chi connectivity index (χ2n) is 8.58. The minimum Gasteiger partial charge on any atom is -0.486 e. The average molecular weight is 517 g/mol. The van der Waals surface area contributed by atoms with Crippen LogP contribution >= 0.6 is 0 Å². The lowest BCUT2D eigenvalue weighted by Crippen LogP contribution is -2.37. The summed E-state index contributed by atoms with van der Waals surface area (Å²) in [5.41, 5.74) is 0.303. The summed E-state index contributed by atoms with van der Waals surface area (Å²) in [6, 6.07) is 3.49. The van der Waals surface area contributed by atoms with Gasteiger partial charge in [0.25, 0.3) is 0 Å². The van der Waals surface area contributed by atoms with Gasteiger partial charge in [0.1, 0.15) is 18.6 Å². The van der Waals surface area contributed by atoms with Crippen LogP contribution in [-0.4, -0.2) is 53.0 Å². The number of nitrogens with zero attached hydrogens (tertiary/aromatic N) is 9. The van der Waals surface area contributed by atoms with Crippen LogP contribution in [0.5, 0.6) is 5.75 Å². The fraction of sp³-hybridized carbons (Fsp3) is 0.391. The molecule has 10 nitrogen and oxygen atoms in total. The maximum absolute atomic E-state index is 14.5. The maximum atomic E-state index is 14.5. The molecule has 0 aliphatic carbocycles. The quantitative estimate of drug-likeness (QED) is 0.342. The predicted molar refractivity (Wildman–Crippen MR) is 123 cm³/mol. The first-order chi connectivity index (χ1) is 17.8. The van der Waals surface area contributed by atoms with Crippen LogP contribution in [0.3, 0.4) is 0 Å². The number of halogens is 4. The second-order valence-corrected chi connectivity index (χ2v) is 8.58. The number of ether oxygens (including phenoxy) is 1. The molecule has 37 heavy (non-hydrogen) atoms. The van der Waals surface area contributed by atoms with E-state index in [0.717, 1.165) is 28.9 Å². The first-order valence-corrected chi connectivity index (χ1v) is 11.7. The number of tetrazole rings is 1. The smallest absolute Gasteiger partial charge is 0.433 e. The number of aryl methyl sites for hydroxylation is 1. The molecule has 5 rings (SSSR count). The molecule has 1 aliphatic rings. The van der Waals surface area contributed by atoms with Crippen LogP contribution in [0, 0.1) is 5.82 Å². The molecule has 1 saturated heterocycles. The van der Waals surface area contributed by atoms with Gasteiger partial charge in [-0.25, -0.2) is 19.0 Å². The predicted octanol–water partition coefficient (Wildman–Crippen LogP) is 3.79. The van der Waals surface area contributed by atoms with Crippen molar-refractivity contribution in [3.05, 3.63) is 65.8 Å². The summed E-state index contributed by atoms with van der Waals surface area (Å²) in [5.74, 6) is -0.384. The van der Waals surface area contributed by atoms with Gasteiger partial charge in [-0.1, -0.05) is 6.92 Å². The zero-order valence-electron chi connectivity index (χ0n) is 19.8. The van der Waals surface area contributed by atoms with Gasteiger partial charge in [-0.05, 0) is 47.4 Å². The number of hydrogen-bond donors (Lipinski definition) is 0. The molecule has 0 atom stereocenters. The summed E-state index contributed by atoms with van der Waals surface area (Å²) in [6.07, 6.45) is 3.00. The fourth-order valence-corrected chi connectivity index (χ4v) is 4.28. The van der Waals surface area contributed by atoms with E-state index in [1.54, 1.807) is 12.4 Å². The Morgan fingerprint density at radius 2 is 1.84 bits per heavy atom. The van der Waals surface area contributed by atoms with E-state index in [2.05, 4.69) is 30.6 Å². The van der Waals surface area contributed by atoms with Gasteiger partial charge in [0.15, 0.2) is 11.6 Å². The Bertz CT molecular complexity index is 1330. The van der Waals surface area contributed by atoms with Gasteiger partial charge in [-0.2, -0.15) is 18.3 Å². The first-order valence-electron chi connectivity index (χ1n) is 11.7.